The van der Waals surface area contributed by atoms with Gasteiger partial charge in [-0.25, -0.2) is 0 Å². The first kappa shape index (κ1) is 70.6. The Labute approximate surface area is 455 Å². The highest BCUT2D eigenvalue weighted by atomic mass is 16.6. The molecule has 0 saturated heterocycles. The molecule has 0 aromatic carbocycles. The summed E-state index contributed by atoms with van der Waals surface area (Å²) in [6.07, 6.45) is 76.0. The van der Waals surface area contributed by atoms with E-state index >= 15 is 0 Å². The minimum Gasteiger partial charge on any atom is -0.462 e. The summed E-state index contributed by atoms with van der Waals surface area (Å²) in [4.78, 5) is 38.2. The Morgan fingerprint density at radius 1 is 0.274 bits per heavy atom. The van der Waals surface area contributed by atoms with E-state index in [0.717, 1.165) is 89.9 Å². The van der Waals surface area contributed by atoms with E-state index in [-0.39, 0.29) is 31.1 Å². The molecule has 73 heavy (non-hydrogen) atoms. The number of carbonyl (C=O) groups excluding carboxylic acids is 3. The molecule has 6 nitrogen and oxygen atoms in total. The Kier molecular flexibility index (Phi) is 60.2. The molecule has 0 aromatic rings. The zero-order chi connectivity index (χ0) is 52.9. The number of esters is 3. The van der Waals surface area contributed by atoms with E-state index < -0.39 is 6.10 Å². The predicted octanol–water partition coefficient (Wildman–Crippen LogP) is 22.0. The average Bonchev–Trinajstić information content (AvgIpc) is 3.39. The van der Waals surface area contributed by atoms with Gasteiger partial charge in [0.1, 0.15) is 13.2 Å². The number of hydrogen-bond donors (Lipinski definition) is 0. The maximum Gasteiger partial charge on any atom is 0.306 e. The maximum atomic E-state index is 12.9. The molecule has 6 heteroatoms. The lowest BCUT2D eigenvalue weighted by atomic mass is 10.0. The van der Waals surface area contributed by atoms with Crippen molar-refractivity contribution in [2.24, 2.45) is 0 Å². The molecule has 0 rings (SSSR count). The molecule has 0 aromatic heterocycles. The molecule has 0 saturated carbocycles. The molecule has 1 atom stereocenters. The summed E-state index contributed by atoms with van der Waals surface area (Å²) in [5.41, 5.74) is 0. The van der Waals surface area contributed by atoms with Gasteiger partial charge in [-0.15, -0.1) is 0 Å². The average molecular weight is 1030 g/mol. The Hall–Kier alpha value is -2.37. The van der Waals surface area contributed by atoms with Crippen molar-refractivity contribution in [2.75, 3.05) is 13.2 Å². The number of ether oxygens (including phenoxy) is 3. The largest absolute Gasteiger partial charge is 0.462 e. The molecule has 0 N–H and O–H groups in total. The van der Waals surface area contributed by atoms with Gasteiger partial charge >= 0.3 is 17.9 Å². The third-order valence-electron chi connectivity index (χ3n) is 14.6. The van der Waals surface area contributed by atoms with Gasteiger partial charge in [0.15, 0.2) is 6.10 Å². The molecule has 428 valence electrons. The fraction of sp³-hybridized carbons (Fsp3) is 0.866. The lowest BCUT2D eigenvalue weighted by Crippen LogP contribution is -2.30. The zero-order valence-corrected chi connectivity index (χ0v) is 49.2. The number of carbonyl (C=O) groups is 3. The monoisotopic (exact) mass is 1020 g/mol. The van der Waals surface area contributed by atoms with Gasteiger partial charge in [-0.2, -0.15) is 0 Å². The molecule has 0 aliphatic carbocycles. The van der Waals surface area contributed by atoms with E-state index in [9.17, 15) is 14.4 Å². The molecule has 0 heterocycles. The number of allylic oxidation sites excluding steroid dienone is 6. The summed E-state index contributed by atoms with van der Waals surface area (Å²) in [5.74, 6) is -0.881. The smallest absolute Gasteiger partial charge is 0.306 e. The standard InChI is InChI=1S/C67H124O6/c1-4-7-10-13-16-19-22-24-26-28-29-30-31-32-33-34-35-36-37-38-39-41-42-45-48-51-54-57-60-66(69)72-63-64(62-71-65(68)59-56-53-50-47-44-21-18-15-12-9-6-3)73-67(70)61-58-55-52-49-46-43-40-27-25-23-20-17-14-11-8-5-2/h15,18,20,23,27,40,64H,4-14,16-17,19,21-22,24-26,28-39,41-63H2,1-3H3/b18-15-,23-20-,40-27-. The number of unbranched alkanes of at least 4 members (excludes halogenated alkanes) is 43. The van der Waals surface area contributed by atoms with Crippen molar-refractivity contribution in [2.45, 2.75) is 361 Å². The second kappa shape index (κ2) is 62.2. The Bertz CT molecular complexity index is 1220. The van der Waals surface area contributed by atoms with Crippen molar-refractivity contribution in [1.82, 2.24) is 0 Å². The van der Waals surface area contributed by atoms with Crippen LogP contribution in [0, 0.1) is 0 Å². The summed E-state index contributed by atoms with van der Waals surface area (Å²) in [6.45, 7) is 6.62. The van der Waals surface area contributed by atoms with E-state index in [4.69, 9.17) is 14.2 Å². The van der Waals surface area contributed by atoms with Crippen molar-refractivity contribution in [3.63, 3.8) is 0 Å². The lowest BCUT2D eigenvalue weighted by Gasteiger charge is -2.18. The first-order chi connectivity index (χ1) is 36.0. The van der Waals surface area contributed by atoms with Crippen LogP contribution in [-0.4, -0.2) is 37.2 Å². The normalized spacial score (nSPS) is 12.2. The van der Waals surface area contributed by atoms with Crippen molar-refractivity contribution >= 4 is 17.9 Å². The van der Waals surface area contributed by atoms with Crippen LogP contribution in [0.2, 0.25) is 0 Å². The zero-order valence-electron chi connectivity index (χ0n) is 49.2. The summed E-state index contributed by atoms with van der Waals surface area (Å²) in [6, 6.07) is 0. The van der Waals surface area contributed by atoms with Gasteiger partial charge in [-0.3, -0.25) is 14.4 Å². The van der Waals surface area contributed by atoms with Gasteiger partial charge in [0.05, 0.1) is 0 Å². The molecule has 0 aliphatic heterocycles. The van der Waals surface area contributed by atoms with Crippen LogP contribution in [-0.2, 0) is 28.6 Å². The molecule has 0 aliphatic rings. The lowest BCUT2D eigenvalue weighted by molar-refractivity contribution is -0.167. The van der Waals surface area contributed by atoms with Crippen LogP contribution >= 0.6 is 0 Å². The first-order valence-corrected chi connectivity index (χ1v) is 32.5. The maximum absolute atomic E-state index is 12.9. The predicted molar refractivity (Wildman–Crippen MR) is 316 cm³/mol. The van der Waals surface area contributed by atoms with E-state index in [1.165, 1.54) is 225 Å². The molecule has 0 radical (unpaired) electrons. The van der Waals surface area contributed by atoms with Crippen molar-refractivity contribution in [1.29, 1.82) is 0 Å². The van der Waals surface area contributed by atoms with E-state index in [1.54, 1.807) is 0 Å². The van der Waals surface area contributed by atoms with Crippen molar-refractivity contribution in [3.8, 4) is 0 Å². The van der Waals surface area contributed by atoms with Crippen molar-refractivity contribution < 1.29 is 28.6 Å². The van der Waals surface area contributed by atoms with Gasteiger partial charge in [0, 0.05) is 19.3 Å². The summed E-state index contributed by atoms with van der Waals surface area (Å²) in [5, 5.41) is 0. The van der Waals surface area contributed by atoms with E-state index in [1.807, 2.05) is 0 Å². The highest BCUT2D eigenvalue weighted by Crippen LogP contribution is 2.18. The molecule has 1 unspecified atom stereocenters. The molecule has 0 fully saturated rings. The van der Waals surface area contributed by atoms with Gasteiger partial charge in [-0.05, 0) is 70.6 Å². The number of rotatable bonds is 60. The molecule has 0 amide bonds. The van der Waals surface area contributed by atoms with Crippen LogP contribution in [0.3, 0.4) is 0 Å². The molecular weight excluding hydrogens is 901 g/mol. The quantitative estimate of drug-likeness (QED) is 0.0261. The Morgan fingerprint density at radius 2 is 0.507 bits per heavy atom. The van der Waals surface area contributed by atoms with Gasteiger partial charge < -0.3 is 14.2 Å². The van der Waals surface area contributed by atoms with E-state index in [2.05, 4.69) is 57.2 Å². The van der Waals surface area contributed by atoms with E-state index in [0.29, 0.717) is 19.3 Å². The summed E-state index contributed by atoms with van der Waals surface area (Å²) in [7, 11) is 0. The van der Waals surface area contributed by atoms with Crippen LogP contribution in [0.5, 0.6) is 0 Å². The van der Waals surface area contributed by atoms with Crippen molar-refractivity contribution in [3.05, 3.63) is 36.5 Å². The topological polar surface area (TPSA) is 78.9 Å². The van der Waals surface area contributed by atoms with Crippen LogP contribution < -0.4 is 0 Å². The Balaban J connectivity index is 4.15. The first-order valence-electron chi connectivity index (χ1n) is 32.5. The second-order valence-electron chi connectivity index (χ2n) is 22.0. The molecule has 0 spiro atoms. The highest BCUT2D eigenvalue weighted by molar-refractivity contribution is 5.71. The minimum absolute atomic E-state index is 0.0768. The van der Waals surface area contributed by atoms with Crippen LogP contribution in [0.25, 0.3) is 0 Å². The van der Waals surface area contributed by atoms with Crippen LogP contribution in [0.4, 0.5) is 0 Å². The summed E-state index contributed by atoms with van der Waals surface area (Å²) >= 11 is 0. The number of hydrogen-bond acceptors (Lipinski definition) is 6. The SMILES string of the molecule is CCCC/C=C\CCCCCCCC(=O)OCC(COC(=O)CCCCCCCCCCCCCCCCCCCCCCCCCCCCCC)OC(=O)CCCCCCC/C=C\C/C=C\CCCCCC. The fourth-order valence-electron chi connectivity index (χ4n) is 9.69. The van der Waals surface area contributed by atoms with Crippen LogP contribution in [0.1, 0.15) is 355 Å². The van der Waals surface area contributed by atoms with Gasteiger partial charge in [0.2, 0.25) is 0 Å². The van der Waals surface area contributed by atoms with Gasteiger partial charge in [0.25, 0.3) is 0 Å². The third kappa shape index (κ3) is 60.4. The minimum atomic E-state index is -0.780. The van der Waals surface area contributed by atoms with Crippen LogP contribution in [0.15, 0.2) is 36.5 Å². The Morgan fingerprint density at radius 3 is 0.822 bits per heavy atom. The van der Waals surface area contributed by atoms with Gasteiger partial charge in [-0.1, -0.05) is 301 Å². The molecular formula is C67H124O6. The third-order valence-corrected chi connectivity index (χ3v) is 14.6. The highest BCUT2D eigenvalue weighted by Gasteiger charge is 2.19. The fourth-order valence-corrected chi connectivity index (χ4v) is 9.69. The summed E-state index contributed by atoms with van der Waals surface area (Å²) < 4.78 is 16.9. The molecule has 0 bridgehead atoms. The second-order valence-corrected chi connectivity index (χ2v) is 22.0.